The van der Waals surface area contributed by atoms with Crippen molar-refractivity contribution in [1.29, 1.82) is 5.41 Å². The normalized spacial score (nSPS) is 29.3. The van der Waals surface area contributed by atoms with Gasteiger partial charge in [-0.25, -0.2) is 0 Å². The van der Waals surface area contributed by atoms with Crippen LogP contribution in [0.1, 0.15) is 20.3 Å². The van der Waals surface area contributed by atoms with E-state index in [0.717, 1.165) is 6.21 Å². The number of hydrogen-bond acceptors (Lipinski definition) is 5. The number of ether oxygens (including phenoxy) is 1. The fourth-order valence-electron chi connectivity index (χ4n) is 4.14. The van der Waals surface area contributed by atoms with Gasteiger partial charge in [0.15, 0.2) is 6.61 Å². The molecule has 0 aromatic rings. The fraction of sp³-hybridized carbons (Fsp3) is 0.526. The van der Waals surface area contributed by atoms with Crippen LogP contribution in [0.4, 0.5) is 13.2 Å². The number of carbonyl (C=O) groups is 2. The minimum absolute atomic E-state index is 0.0797. The first-order valence-electron chi connectivity index (χ1n) is 9.22. The largest absolute Gasteiger partial charge is 0.486 e. The summed E-state index contributed by atoms with van der Waals surface area (Å²) in [6.45, 7) is 1.83. The minimum atomic E-state index is -4.56. The number of dihydropyridines is 1. The molecular weight excluding hydrogens is 425 g/mol. The molecule has 164 valence electrons. The Hall–Kier alpha value is -2.49. The zero-order chi connectivity index (χ0) is 22.5. The summed E-state index contributed by atoms with van der Waals surface area (Å²) in [4.78, 5) is 27.0. The van der Waals surface area contributed by atoms with Crippen LogP contribution in [0.2, 0.25) is 0 Å². The second-order valence-corrected chi connectivity index (χ2v) is 8.14. The maximum Gasteiger partial charge on any atom is 0.422 e. The van der Waals surface area contributed by atoms with Gasteiger partial charge in [-0.05, 0) is 31.7 Å². The molecular formula is C19H22ClF3N4O3. The van der Waals surface area contributed by atoms with E-state index in [1.54, 1.807) is 19.9 Å². The molecule has 0 spiro atoms. The van der Waals surface area contributed by atoms with Gasteiger partial charge < -0.3 is 25.7 Å². The van der Waals surface area contributed by atoms with Crippen molar-refractivity contribution in [2.75, 3.05) is 20.2 Å². The van der Waals surface area contributed by atoms with Crippen LogP contribution in [0.3, 0.4) is 0 Å². The Bertz CT molecular complexity index is 898. The molecule has 0 radical (unpaired) electrons. The lowest BCUT2D eigenvalue weighted by Crippen LogP contribution is -2.56. The first-order chi connectivity index (χ1) is 13.9. The topological polar surface area (TPSA) is 94.5 Å². The summed E-state index contributed by atoms with van der Waals surface area (Å²) in [5.74, 6) is -0.849. The van der Waals surface area contributed by atoms with Gasteiger partial charge in [0.25, 0.3) is 5.91 Å². The molecule has 0 bridgehead atoms. The number of allylic oxidation sites excluding steroid dienone is 1. The Kier molecular flexibility index (Phi) is 5.43. The number of halogens is 4. The van der Waals surface area contributed by atoms with E-state index in [1.807, 2.05) is 0 Å². The zero-order valence-corrected chi connectivity index (χ0v) is 17.4. The van der Waals surface area contributed by atoms with Crippen LogP contribution in [-0.4, -0.2) is 60.9 Å². The number of nitrogens with zero attached hydrogens (tertiary/aromatic N) is 1. The summed E-state index contributed by atoms with van der Waals surface area (Å²) in [6.07, 6.45) is -0.415. The standard InChI is InChI=1S/C19H22ClF3N4O3/c1-10(18(8-24)6-13(20)14(18)30-9-19(21,22)23)27-7-12-11(15(27)28)4-5-26-17(12,2)16(29)25-3/h4-5,8,10,24,26H,6-7,9H2,1-3H3,(H,25,29). The lowest BCUT2D eigenvalue weighted by atomic mass is 9.68. The maximum atomic E-state index is 13.1. The van der Waals surface area contributed by atoms with Gasteiger partial charge in [0.2, 0.25) is 5.91 Å². The van der Waals surface area contributed by atoms with E-state index >= 15 is 0 Å². The minimum Gasteiger partial charge on any atom is -0.486 e. The lowest BCUT2D eigenvalue weighted by molar-refractivity contribution is -0.170. The summed E-state index contributed by atoms with van der Waals surface area (Å²) in [6, 6.07) is -0.721. The quantitative estimate of drug-likeness (QED) is 0.545. The molecule has 0 aromatic heterocycles. The van der Waals surface area contributed by atoms with E-state index in [-0.39, 0.29) is 35.6 Å². The Labute approximate surface area is 176 Å². The molecule has 3 rings (SSSR count). The monoisotopic (exact) mass is 446 g/mol. The van der Waals surface area contributed by atoms with Gasteiger partial charge in [-0.2, -0.15) is 13.2 Å². The molecule has 30 heavy (non-hydrogen) atoms. The van der Waals surface area contributed by atoms with Crippen molar-refractivity contribution in [3.63, 3.8) is 0 Å². The van der Waals surface area contributed by atoms with Crippen molar-refractivity contribution in [3.05, 3.63) is 34.2 Å². The van der Waals surface area contributed by atoms with Crippen LogP contribution >= 0.6 is 11.6 Å². The summed E-state index contributed by atoms with van der Waals surface area (Å²) >= 11 is 6.02. The third-order valence-electron chi connectivity index (χ3n) is 6.02. The highest BCUT2D eigenvalue weighted by Crippen LogP contribution is 2.52. The maximum absolute atomic E-state index is 13.1. The molecule has 2 heterocycles. The molecule has 3 unspecified atom stereocenters. The molecule has 3 aliphatic rings. The zero-order valence-electron chi connectivity index (χ0n) is 16.6. The highest BCUT2D eigenvalue weighted by atomic mass is 35.5. The molecule has 0 fully saturated rings. The average Bonchev–Trinajstić information content (AvgIpc) is 3.01. The Morgan fingerprint density at radius 2 is 2.20 bits per heavy atom. The highest BCUT2D eigenvalue weighted by Gasteiger charge is 2.55. The number of rotatable bonds is 6. The molecule has 7 nitrogen and oxygen atoms in total. The van der Waals surface area contributed by atoms with E-state index in [9.17, 15) is 22.8 Å². The van der Waals surface area contributed by atoms with Crippen molar-refractivity contribution in [3.8, 4) is 0 Å². The van der Waals surface area contributed by atoms with E-state index in [4.69, 9.17) is 21.7 Å². The number of hydrogen-bond donors (Lipinski definition) is 3. The first kappa shape index (κ1) is 22.2. The summed E-state index contributed by atoms with van der Waals surface area (Å²) in [7, 11) is 1.49. The SMILES string of the molecule is CNC(=O)C1(C)NC=CC2=C1CN(C(C)C1(C=N)CC(Cl)=C1OCC(F)(F)F)C2=O. The fourth-order valence-corrected chi connectivity index (χ4v) is 4.59. The van der Waals surface area contributed by atoms with Crippen molar-refractivity contribution in [2.45, 2.75) is 38.0 Å². The molecule has 2 amide bonds. The van der Waals surface area contributed by atoms with E-state index in [1.165, 1.54) is 18.1 Å². The number of carbonyl (C=O) groups excluding carboxylic acids is 2. The Morgan fingerprint density at radius 3 is 2.73 bits per heavy atom. The van der Waals surface area contributed by atoms with Gasteiger partial charge in [-0.15, -0.1) is 0 Å². The van der Waals surface area contributed by atoms with Gasteiger partial charge in [0.1, 0.15) is 11.3 Å². The van der Waals surface area contributed by atoms with Crippen LogP contribution in [-0.2, 0) is 14.3 Å². The summed E-state index contributed by atoms with van der Waals surface area (Å²) < 4.78 is 42.9. The number of nitrogens with one attached hydrogen (secondary N) is 3. The van der Waals surface area contributed by atoms with Crippen LogP contribution in [0.5, 0.6) is 0 Å². The molecule has 0 saturated heterocycles. The van der Waals surface area contributed by atoms with Crippen molar-refractivity contribution in [2.24, 2.45) is 5.41 Å². The van der Waals surface area contributed by atoms with E-state index in [0.29, 0.717) is 11.1 Å². The van der Waals surface area contributed by atoms with Crippen LogP contribution in [0.25, 0.3) is 0 Å². The Morgan fingerprint density at radius 1 is 1.53 bits per heavy atom. The summed E-state index contributed by atoms with van der Waals surface area (Å²) in [5, 5.41) is 13.5. The van der Waals surface area contributed by atoms with Crippen molar-refractivity contribution >= 4 is 29.6 Å². The average molecular weight is 447 g/mol. The highest BCUT2D eigenvalue weighted by molar-refractivity contribution is 6.31. The van der Waals surface area contributed by atoms with Gasteiger partial charge in [-0.1, -0.05) is 11.6 Å². The van der Waals surface area contributed by atoms with E-state index < -0.39 is 29.8 Å². The number of likely N-dealkylation sites (N-methyl/N-ethyl adjacent to an activating group) is 1. The number of alkyl halides is 3. The smallest absolute Gasteiger partial charge is 0.422 e. The molecule has 3 atom stereocenters. The molecule has 0 aromatic carbocycles. The third kappa shape index (κ3) is 3.27. The first-order valence-corrected chi connectivity index (χ1v) is 9.60. The predicted octanol–water partition coefficient (Wildman–Crippen LogP) is 2.20. The van der Waals surface area contributed by atoms with Crippen molar-refractivity contribution in [1.82, 2.24) is 15.5 Å². The van der Waals surface area contributed by atoms with Crippen LogP contribution < -0.4 is 10.6 Å². The predicted molar refractivity (Wildman–Crippen MR) is 104 cm³/mol. The lowest BCUT2D eigenvalue weighted by Gasteiger charge is -2.47. The molecule has 3 N–H and O–H groups in total. The second kappa shape index (κ2) is 7.33. The molecule has 0 saturated carbocycles. The van der Waals surface area contributed by atoms with E-state index in [2.05, 4.69) is 10.6 Å². The van der Waals surface area contributed by atoms with Crippen molar-refractivity contribution < 1.29 is 27.5 Å². The van der Waals surface area contributed by atoms with Crippen LogP contribution in [0, 0.1) is 10.8 Å². The molecule has 2 aliphatic heterocycles. The van der Waals surface area contributed by atoms with Gasteiger partial charge in [-0.3, -0.25) is 9.59 Å². The van der Waals surface area contributed by atoms with Crippen LogP contribution in [0.15, 0.2) is 34.2 Å². The Balaban J connectivity index is 1.89. The third-order valence-corrected chi connectivity index (χ3v) is 6.32. The van der Waals surface area contributed by atoms with Gasteiger partial charge >= 0.3 is 6.18 Å². The van der Waals surface area contributed by atoms with Gasteiger partial charge in [0, 0.05) is 37.8 Å². The second-order valence-electron chi connectivity index (χ2n) is 7.68. The van der Waals surface area contributed by atoms with Gasteiger partial charge in [0.05, 0.1) is 10.4 Å². The summed E-state index contributed by atoms with van der Waals surface area (Å²) in [5.41, 5.74) is -1.52. The molecule has 11 heteroatoms. The number of amides is 2. The molecule has 1 aliphatic carbocycles.